The maximum absolute atomic E-state index is 6.45. The quantitative estimate of drug-likeness (QED) is 0.856. The predicted molar refractivity (Wildman–Crippen MR) is 77.5 cm³/mol. The van der Waals surface area contributed by atoms with Gasteiger partial charge in [0.15, 0.2) is 0 Å². The summed E-state index contributed by atoms with van der Waals surface area (Å²) in [6, 6.07) is 2.07. The average molecular weight is 284 g/mol. The summed E-state index contributed by atoms with van der Waals surface area (Å²) >= 11 is 8.38. The minimum atomic E-state index is 0.0146. The first-order chi connectivity index (χ1) is 8.59. The fraction of sp³-hybridized carbons (Fsp3) is 0.571. The number of rotatable bonds is 1. The molecule has 0 aliphatic carbocycles. The van der Waals surface area contributed by atoms with Crippen molar-refractivity contribution in [2.24, 2.45) is 11.7 Å². The van der Waals surface area contributed by atoms with Gasteiger partial charge >= 0.3 is 0 Å². The molecule has 3 rings (SSSR count). The summed E-state index contributed by atoms with van der Waals surface area (Å²) in [5.74, 6) is 2.58. The van der Waals surface area contributed by atoms with Gasteiger partial charge in [0.2, 0.25) is 0 Å². The SMILES string of the molecule is CC(C)C1SCc2c3c(cc(Cl)c2C1N)CCO3. The molecule has 0 bridgehead atoms. The van der Waals surface area contributed by atoms with Gasteiger partial charge in [-0.2, -0.15) is 11.8 Å². The van der Waals surface area contributed by atoms with Gasteiger partial charge in [0.05, 0.1) is 6.61 Å². The Morgan fingerprint density at radius 1 is 1.50 bits per heavy atom. The Bertz CT molecular complexity index is 489. The van der Waals surface area contributed by atoms with Crippen LogP contribution in [0.1, 0.15) is 36.6 Å². The van der Waals surface area contributed by atoms with Crippen LogP contribution in [0.25, 0.3) is 0 Å². The van der Waals surface area contributed by atoms with Gasteiger partial charge in [0, 0.05) is 34.1 Å². The molecule has 0 saturated heterocycles. The Hall–Kier alpha value is -0.380. The molecule has 2 N–H and O–H groups in total. The summed E-state index contributed by atoms with van der Waals surface area (Å²) in [6.07, 6.45) is 0.968. The molecule has 2 heterocycles. The van der Waals surface area contributed by atoms with Gasteiger partial charge in [0.1, 0.15) is 5.75 Å². The van der Waals surface area contributed by atoms with Crippen LogP contribution in [0.5, 0.6) is 5.75 Å². The van der Waals surface area contributed by atoms with Crippen molar-refractivity contribution >= 4 is 23.4 Å². The second-order valence-corrected chi connectivity index (χ2v) is 6.96. The summed E-state index contributed by atoms with van der Waals surface area (Å²) in [5.41, 5.74) is 10.0. The van der Waals surface area contributed by atoms with Crippen LogP contribution in [0.15, 0.2) is 6.07 Å². The van der Waals surface area contributed by atoms with Crippen molar-refractivity contribution in [3.63, 3.8) is 0 Å². The molecule has 0 amide bonds. The minimum absolute atomic E-state index is 0.0146. The zero-order valence-corrected chi connectivity index (χ0v) is 12.3. The standard InChI is InChI=1S/C14H18ClNOS/c1-7(2)14-12(16)11-9(6-18-14)13-8(3-4-17-13)5-10(11)15/h5,7,12,14H,3-4,6,16H2,1-2H3. The Morgan fingerprint density at radius 3 is 3.00 bits per heavy atom. The van der Waals surface area contributed by atoms with Crippen LogP contribution < -0.4 is 10.5 Å². The van der Waals surface area contributed by atoms with Gasteiger partial charge in [0.25, 0.3) is 0 Å². The third-order valence-corrected chi connectivity index (χ3v) is 5.82. The largest absolute Gasteiger partial charge is 0.493 e. The third-order valence-electron chi connectivity index (χ3n) is 3.83. The first kappa shape index (κ1) is 12.6. The van der Waals surface area contributed by atoms with Crippen LogP contribution in [0.3, 0.4) is 0 Å². The van der Waals surface area contributed by atoms with E-state index in [9.17, 15) is 0 Å². The lowest BCUT2D eigenvalue weighted by Crippen LogP contribution is -2.32. The Kier molecular flexibility index (Phi) is 3.25. The van der Waals surface area contributed by atoms with Crippen molar-refractivity contribution in [3.05, 3.63) is 27.8 Å². The van der Waals surface area contributed by atoms with E-state index in [-0.39, 0.29) is 6.04 Å². The van der Waals surface area contributed by atoms with Crippen molar-refractivity contribution in [1.29, 1.82) is 0 Å². The first-order valence-corrected chi connectivity index (χ1v) is 7.86. The van der Waals surface area contributed by atoms with Gasteiger partial charge in [-0.05, 0) is 23.1 Å². The normalized spacial score (nSPS) is 25.8. The van der Waals surface area contributed by atoms with Crippen LogP contribution >= 0.6 is 23.4 Å². The molecule has 0 fully saturated rings. The zero-order valence-electron chi connectivity index (χ0n) is 10.7. The summed E-state index contributed by atoms with van der Waals surface area (Å²) in [7, 11) is 0. The summed E-state index contributed by atoms with van der Waals surface area (Å²) < 4.78 is 5.77. The second kappa shape index (κ2) is 4.62. The molecular weight excluding hydrogens is 266 g/mol. The average Bonchev–Trinajstić information content (AvgIpc) is 2.76. The Labute approximate surface area is 117 Å². The molecule has 2 aliphatic heterocycles. The monoisotopic (exact) mass is 283 g/mol. The van der Waals surface area contributed by atoms with Gasteiger partial charge < -0.3 is 10.5 Å². The molecule has 2 aliphatic rings. The van der Waals surface area contributed by atoms with Crippen molar-refractivity contribution in [3.8, 4) is 5.75 Å². The van der Waals surface area contributed by atoms with Crippen molar-refractivity contribution < 1.29 is 4.74 Å². The van der Waals surface area contributed by atoms with E-state index in [0.717, 1.165) is 35.1 Å². The number of thioether (sulfide) groups is 1. The lowest BCUT2D eigenvalue weighted by Gasteiger charge is -2.34. The zero-order chi connectivity index (χ0) is 12.9. The topological polar surface area (TPSA) is 35.2 Å². The second-order valence-electron chi connectivity index (χ2n) is 5.38. The number of hydrogen-bond donors (Lipinski definition) is 1. The van der Waals surface area contributed by atoms with E-state index in [1.54, 1.807) is 0 Å². The smallest absolute Gasteiger partial charge is 0.127 e. The lowest BCUT2D eigenvalue weighted by atomic mass is 9.91. The fourth-order valence-corrected chi connectivity index (χ4v) is 4.69. The molecule has 2 atom stereocenters. The molecule has 0 spiro atoms. The van der Waals surface area contributed by atoms with Crippen LogP contribution in [0.4, 0.5) is 0 Å². The molecule has 98 valence electrons. The molecule has 2 unspecified atom stereocenters. The number of halogens is 1. The van der Waals surface area contributed by atoms with Crippen LogP contribution in [-0.2, 0) is 12.2 Å². The maximum atomic E-state index is 6.45. The van der Waals surface area contributed by atoms with Crippen molar-refractivity contribution in [2.45, 2.75) is 37.3 Å². The highest BCUT2D eigenvalue weighted by atomic mass is 35.5. The molecule has 4 heteroatoms. The molecule has 1 aromatic rings. The lowest BCUT2D eigenvalue weighted by molar-refractivity contribution is 0.353. The molecule has 0 radical (unpaired) electrons. The number of benzene rings is 1. The summed E-state index contributed by atoms with van der Waals surface area (Å²) in [6.45, 7) is 5.22. The third kappa shape index (κ3) is 1.84. The van der Waals surface area contributed by atoms with E-state index >= 15 is 0 Å². The van der Waals surface area contributed by atoms with Crippen LogP contribution in [-0.4, -0.2) is 11.9 Å². The molecule has 18 heavy (non-hydrogen) atoms. The first-order valence-electron chi connectivity index (χ1n) is 6.43. The van der Waals surface area contributed by atoms with Crippen molar-refractivity contribution in [1.82, 2.24) is 0 Å². The van der Waals surface area contributed by atoms with E-state index in [0.29, 0.717) is 11.2 Å². The van der Waals surface area contributed by atoms with E-state index in [1.807, 2.05) is 11.8 Å². The van der Waals surface area contributed by atoms with E-state index in [1.165, 1.54) is 11.1 Å². The van der Waals surface area contributed by atoms with Gasteiger partial charge in [-0.15, -0.1) is 0 Å². The van der Waals surface area contributed by atoms with Gasteiger partial charge in [-0.1, -0.05) is 25.4 Å². The molecule has 2 nitrogen and oxygen atoms in total. The maximum Gasteiger partial charge on any atom is 0.127 e. The Morgan fingerprint density at radius 2 is 2.28 bits per heavy atom. The van der Waals surface area contributed by atoms with Gasteiger partial charge in [-0.3, -0.25) is 0 Å². The van der Waals surface area contributed by atoms with Gasteiger partial charge in [-0.25, -0.2) is 0 Å². The minimum Gasteiger partial charge on any atom is -0.493 e. The number of ether oxygens (including phenoxy) is 1. The highest BCUT2D eigenvalue weighted by Crippen LogP contribution is 2.48. The Balaban J connectivity index is 2.11. The summed E-state index contributed by atoms with van der Waals surface area (Å²) in [4.78, 5) is 0. The van der Waals surface area contributed by atoms with Crippen LogP contribution in [0, 0.1) is 5.92 Å². The van der Waals surface area contributed by atoms with Crippen LogP contribution in [0.2, 0.25) is 5.02 Å². The van der Waals surface area contributed by atoms with E-state index < -0.39 is 0 Å². The molecule has 0 saturated carbocycles. The highest BCUT2D eigenvalue weighted by molar-refractivity contribution is 7.99. The van der Waals surface area contributed by atoms with Crippen molar-refractivity contribution in [2.75, 3.05) is 6.61 Å². The number of nitrogens with two attached hydrogens (primary N) is 1. The van der Waals surface area contributed by atoms with E-state index in [4.69, 9.17) is 22.1 Å². The van der Waals surface area contributed by atoms with E-state index in [2.05, 4.69) is 19.9 Å². The number of fused-ring (bicyclic) bond motifs is 3. The molecular formula is C14H18ClNOS. The molecule has 1 aromatic carbocycles. The number of hydrogen-bond acceptors (Lipinski definition) is 3. The predicted octanol–water partition coefficient (Wildman–Crippen LogP) is 3.55. The highest BCUT2D eigenvalue weighted by Gasteiger charge is 2.34. The summed E-state index contributed by atoms with van der Waals surface area (Å²) in [5, 5.41) is 1.27. The fourth-order valence-electron chi connectivity index (χ4n) is 2.94. The molecule has 0 aromatic heterocycles.